The molecule has 1 N–H and O–H groups in total. The van der Waals surface area contributed by atoms with E-state index in [0.29, 0.717) is 23.5 Å². The van der Waals surface area contributed by atoms with E-state index in [2.05, 4.69) is 27.8 Å². The molecule has 0 atom stereocenters. The zero-order chi connectivity index (χ0) is 23.9. The van der Waals surface area contributed by atoms with Gasteiger partial charge < -0.3 is 9.32 Å². The van der Waals surface area contributed by atoms with Gasteiger partial charge in [0.25, 0.3) is 0 Å². The van der Waals surface area contributed by atoms with Gasteiger partial charge in [-0.15, -0.1) is 0 Å². The van der Waals surface area contributed by atoms with Gasteiger partial charge in [-0.05, 0) is 60.7 Å². The van der Waals surface area contributed by atoms with Gasteiger partial charge in [0.15, 0.2) is 5.58 Å². The second kappa shape index (κ2) is 8.94. The number of hydrogen-bond donors (Lipinski definition) is 1. The van der Waals surface area contributed by atoms with Crippen LogP contribution in [0.2, 0.25) is 5.02 Å². The summed E-state index contributed by atoms with van der Waals surface area (Å²) in [4.78, 5) is 14.0. The lowest BCUT2D eigenvalue weighted by Crippen LogP contribution is -2.28. The monoisotopic (exact) mass is 497 g/mol. The number of oxazole rings is 1. The first-order valence-electron chi connectivity index (χ1n) is 11.1. The Kier molecular flexibility index (Phi) is 5.97. The standard InChI is InChI=1S/C25H24ClN3O4S/c1-28-22-12-11-20(16-24(22)33-25(28)30)34(31,32)27-13-4-14-29-21-6-3-2-5-17(21)7-8-18-9-10-19(26)15-23(18)29/h2-3,5-6,9-12,15-16,27H,4,7-8,13-14H2,1H3. The largest absolute Gasteiger partial charge is 0.419 e. The van der Waals surface area contributed by atoms with Gasteiger partial charge >= 0.3 is 5.76 Å². The normalized spacial score (nSPS) is 13.5. The summed E-state index contributed by atoms with van der Waals surface area (Å²) in [5, 5.41) is 0.673. The van der Waals surface area contributed by atoms with Crippen molar-refractivity contribution >= 4 is 44.1 Å². The first kappa shape index (κ1) is 22.7. The van der Waals surface area contributed by atoms with Crippen LogP contribution in [0.25, 0.3) is 11.1 Å². The lowest BCUT2D eigenvalue weighted by molar-refractivity contribution is 0.527. The smallest absolute Gasteiger partial charge is 0.408 e. The van der Waals surface area contributed by atoms with Crippen LogP contribution >= 0.6 is 11.6 Å². The number of hydrogen-bond acceptors (Lipinski definition) is 5. The Morgan fingerprint density at radius 1 is 1.00 bits per heavy atom. The van der Waals surface area contributed by atoms with Gasteiger partial charge in [-0.2, -0.15) is 0 Å². The van der Waals surface area contributed by atoms with E-state index in [9.17, 15) is 13.2 Å². The lowest BCUT2D eigenvalue weighted by Gasteiger charge is -2.27. The third-order valence-corrected chi connectivity index (χ3v) is 7.90. The number of anilines is 2. The van der Waals surface area contributed by atoms with Gasteiger partial charge in [-0.25, -0.2) is 17.9 Å². The number of nitrogens with one attached hydrogen (secondary N) is 1. The fraction of sp³-hybridized carbons (Fsp3) is 0.240. The van der Waals surface area contributed by atoms with Gasteiger partial charge in [0, 0.05) is 42.6 Å². The van der Waals surface area contributed by atoms with Crippen molar-refractivity contribution in [2.24, 2.45) is 7.05 Å². The SMILES string of the molecule is Cn1c(=O)oc2cc(S(=O)(=O)NCCCN3c4ccccc4CCc4ccc(Cl)cc43)ccc21. The summed E-state index contributed by atoms with van der Waals surface area (Å²) in [6.45, 7) is 0.882. The molecule has 7 nitrogen and oxygen atoms in total. The molecule has 9 heteroatoms. The van der Waals surface area contributed by atoms with Crippen LogP contribution in [0, 0.1) is 0 Å². The number of aromatic nitrogens is 1. The molecule has 3 aromatic carbocycles. The van der Waals surface area contributed by atoms with Crippen molar-refractivity contribution in [1.82, 2.24) is 9.29 Å². The van der Waals surface area contributed by atoms with E-state index in [1.165, 1.54) is 27.8 Å². The molecule has 1 aliphatic heterocycles. The quantitative estimate of drug-likeness (QED) is 0.399. The highest BCUT2D eigenvalue weighted by molar-refractivity contribution is 7.89. The van der Waals surface area contributed by atoms with Gasteiger partial charge in [0.1, 0.15) is 0 Å². The molecule has 0 aliphatic carbocycles. The Labute approximate surface area is 202 Å². The predicted octanol–water partition coefficient (Wildman–Crippen LogP) is 4.39. The number of halogens is 1. The number of nitrogens with zero attached hydrogens (tertiary/aromatic N) is 2. The number of sulfonamides is 1. The molecule has 2 heterocycles. The zero-order valence-electron chi connectivity index (χ0n) is 18.6. The van der Waals surface area contributed by atoms with Crippen LogP contribution in [0.3, 0.4) is 0 Å². The molecule has 0 unspecified atom stereocenters. The second-order valence-corrected chi connectivity index (χ2v) is 10.6. The summed E-state index contributed by atoms with van der Waals surface area (Å²) in [5.74, 6) is -0.532. The highest BCUT2D eigenvalue weighted by Gasteiger charge is 2.21. The third-order valence-electron chi connectivity index (χ3n) is 6.21. The molecule has 0 saturated carbocycles. The summed E-state index contributed by atoms with van der Waals surface area (Å²) < 4.78 is 34.8. The first-order valence-corrected chi connectivity index (χ1v) is 12.9. The minimum Gasteiger partial charge on any atom is -0.408 e. The maximum Gasteiger partial charge on any atom is 0.419 e. The van der Waals surface area contributed by atoms with E-state index < -0.39 is 15.8 Å². The maximum atomic E-state index is 12.8. The second-order valence-electron chi connectivity index (χ2n) is 8.36. The molecule has 5 rings (SSSR count). The third kappa shape index (κ3) is 4.24. The molecule has 34 heavy (non-hydrogen) atoms. The van der Waals surface area contributed by atoms with Crippen molar-refractivity contribution in [3.63, 3.8) is 0 Å². The topological polar surface area (TPSA) is 84.5 Å². The van der Waals surface area contributed by atoms with Crippen molar-refractivity contribution in [2.75, 3.05) is 18.0 Å². The van der Waals surface area contributed by atoms with E-state index >= 15 is 0 Å². The minimum atomic E-state index is -3.75. The summed E-state index contributed by atoms with van der Waals surface area (Å²) in [6, 6.07) is 18.7. The number of para-hydroxylation sites is 1. The number of benzene rings is 3. The Morgan fingerprint density at radius 2 is 1.76 bits per heavy atom. The van der Waals surface area contributed by atoms with E-state index in [0.717, 1.165) is 24.2 Å². The number of fused-ring (bicyclic) bond motifs is 3. The average molecular weight is 498 g/mol. The van der Waals surface area contributed by atoms with E-state index in [-0.39, 0.29) is 17.0 Å². The molecule has 0 fully saturated rings. The highest BCUT2D eigenvalue weighted by Crippen LogP contribution is 2.37. The molecule has 176 valence electrons. The van der Waals surface area contributed by atoms with E-state index in [1.807, 2.05) is 24.3 Å². The Hall–Kier alpha value is -3.07. The molecule has 0 bridgehead atoms. The van der Waals surface area contributed by atoms with Gasteiger partial charge in [0.2, 0.25) is 10.0 Å². The number of rotatable bonds is 6. The molecule has 0 amide bonds. The summed E-state index contributed by atoms with van der Waals surface area (Å²) in [5.41, 5.74) is 5.44. The number of aryl methyl sites for hydroxylation is 3. The average Bonchev–Trinajstić information content (AvgIpc) is 3.02. The van der Waals surface area contributed by atoms with Crippen LogP contribution in [0.4, 0.5) is 11.4 Å². The van der Waals surface area contributed by atoms with Gasteiger partial charge in [-0.1, -0.05) is 35.9 Å². The van der Waals surface area contributed by atoms with Crippen molar-refractivity contribution in [3.8, 4) is 0 Å². The van der Waals surface area contributed by atoms with Crippen LogP contribution < -0.4 is 15.4 Å². The zero-order valence-corrected chi connectivity index (χ0v) is 20.2. The highest BCUT2D eigenvalue weighted by atomic mass is 35.5. The maximum absolute atomic E-state index is 12.8. The predicted molar refractivity (Wildman–Crippen MR) is 134 cm³/mol. The van der Waals surface area contributed by atoms with Crippen LogP contribution in [-0.2, 0) is 29.9 Å². The minimum absolute atomic E-state index is 0.0617. The van der Waals surface area contributed by atoms with Crippen molar-refractivity contribution in [2.45, 2.75) is 24.2 Å². The fourth-order valence-electron chi connectivity index (χ4n) is 4.43. The Morgan fingerprint density at radius 3 is 2.59 bits per heavy atom. The molecule has 0 spiro atoms. The molecular weight excluding hydrogens is 474 g/mol. The summed E-state index contributed by atoms with van der Waals surface area (Å²) >= 11 is 6.32. The molecule has 0 radical (unpaired) electrons. The van der Waals surface area contributed by atoms with Crippen LogP contribution in [0.15, 0.2) is 74.8 Å². The van der Waals surface area contributed by atoms with Crippen LogP contribution in [-0.4, -0.2) is 26.1 Å². The summed E-state index contributed by atoms with van der Waals surface area (Å²) in [7, 11) is -2.18. The van der Waals surface area contributed by atoms with Crippen molar-refractivity contribution < 1.29 is 12.8 Å². The molecule has 1 aliphatic rings. The Bertz CT molecular complexity index is 1540. The van der Waals surface area contributed by atoms with Crippen molar-refractivity contribution in [3.05, 3.63) is 87.4 Å². The van der Waals surface area contributed by atoms with E-state index in [1.54, 1.807) is 13.1 Å². The summed E-state index contributed by atoms with van der Waals surface area (Å²) in [6.07, 6.45) is 2.44. The van der Waals surface area contributed by atoms with Crippen LogP contribution in [0.5, 0.6) is 0 Å². The fourth-order valence-corrected chi connectivity index (χ4v) is 5.69. The van der Waals surface area contributed by atoms with Gasteiger partial charge in [-0.3, -0.25) is 4.57 Å². The van der Waals surface area contributed by atoms with E-state index in [4.69, 9.17) is 16.0 Å². The first-order chi connectivity index (χ1) is 16.3. The van der Waals surface area contributed by atoms with Crippen LogP contribution in [0.1, 0.15) is 17.5 Å². The molecule has 4 aromatic rings. The molecule has 1 aromatic heterocycles. The Balaban J connectivity index is 1.33. The van der Waals surface area contributed by atoms with Crippen molar-refractivity contribution in [1.29, 1.82) is 0 Å². The molecule has 0 saturated heterocycles. The molecular formula is C25H24ClN3O4S. The lowest BCUT2D eigenvalue weighted by atomic mass is 10.0. The van der Waals surface area contributed by atoms with Gasteiger partial charge in [0.05, 0.1) is 10.4 Å².